The minimum atomic E-state index is 0.0442. The smallest absolute Gasteiger partial charge is 0.174 e. The number of carbonyl (C=O) groups is 1. The zero-order valence-electron chi connectivity index (χ0n) is 8.09. The molecule has 2 aromatic rings. The average Bonchev–Trinajstić information content (AvgIpc) is 2.78. The van der Waals surface area contributed by atoms with E-state index in [0.29, 0.717) is 16.3 Å². The van der Waals surface area contributed by atoms with Gasteiger partial charge in [-0.1, -0.05) is 46.8 Å². The quantitative estimate of drug-likeness (QED) is 0.632. The second kappa shape index (κ2) is 5.43. The van der Waals surface area contributed by atoms with Crippen LogP contribution in [0, 0.1) is 0 Å². The number of thioether (sulfide) groups is 1. The lowest BCUT2D eigenvalue weighted by Gasteiger charge is -1.99. The molecule has 0 aliphatic heterocycles. The van der Waals surface area contributed by atoms with E-state index in [1.165, 1.54) is 23.1 Å². The van der Waals surface area contributed by atoms with Crippen LogP contribution in [-0.4, -0.2) is 21.7 Å². The summed E-state index contributed by atoms with van der Waals surface area (Å²) in [7, 11) is 0. The van der Waals surface area contributed by atoms with Gasteiger partial charge in [0, 0.05) is 10.6 Å². The first-order valence-electron chi connectivity index (χ1n) is 4.43. The van der Waals surface area contributed by atoms with E-state index in [9.17, 15) is 4.79 Å². The molecule has 0 unspecified atom stereocenters. The molecule has 6 heteroatoms. The highest BCUT2D eigenvalue weighted by Crippen LogP contribution is 2.20. The first-order chi connectivity index (χ1) is 7.75. The summed E-state index contributed by atoms with van der Waals surface area (Å²) in [6, 6.07) is 6.95. The number of nitrogens with zero attached hydrogens (tertiary/aromatic N) is 2. The predicted octanol–water partition coefficient (Wildman–Crippen LogP) is 3.17. The summed E-state index contributed by atoms with van der Waals surface area (Å²) in [5.74, 6) is 0.401. The van der Waals surface area contributed by atoms with Crippen LogP contribution in [0.5, 0.6) is 0 Å². The van der Waals surface area contributed by atoms with Crippen molar-refractivity contribution in [3.63, 3.8) is 0 Å². The number of ketones is 1. The summed E-state index contributed by atoms with van der Waals surface area (Å²) in [5.41, 5.74) is 2.27. The number of aromatic nitrogens is 2. The number of halogens is 1. The molecule has 0 amide bonds. The van der Waals surface area contributed by atoms with Crippen molar-refractivity contribution in [1.29, 1.82) is 0 Å². The van der Waals surface area contributed by atoms with Crippen LogP contribution in [0.4, 0.5) is 0 Å². The van der Waals surface area contributed by atoms with Crippen LogP contribution in [0.15, 0.2) is 34.1 Å². The van der Waals surface area contributed by atoms with Crippen LogP contribution in [-0.2, 0) is 0 Å². The molecule has 82 valence electrons. The Morgan fingerprint density at radius 2 is 2.38 bits per heavy atom. The Bertz CT molecular complexity index is 487. The van der Waals surface area contributed by atoms with Crippen molar-refractivity contribution in [2.45, 2.75) is 4.34 Å². The van der Waals surface area contributed by atoms with E-state index in [2.05, 4.69) is 10.2 Å². The van der Waals surface area contributed by atoms with E-state index in [-0.39, 0.29) is 5.78 Å². The zero-order chi connectivity index (χ0) is 11.4. The first kappa shape index (κ1) is 11.6. The van der Waals surface area contributed by atoms with E-state index in [1.54, 1.807) is 29.8 Å². The fourth-order valence-electron chi connectivity index (χ4n) is 1.10. The summed E-state index contributed by atoms with van der Waals surface area (Å²) < 4.78 is 0.801. The number of carbonyl (C=O) groups excluding carboxylic acids is 1. The molecule has 0 N–H and O–H groups in total. The van der Waals surface area contributed by atoms with E-state index < -0.39 is 0 Å². The summed E-state index contributed by atoms with van der Waals surface area (Å²) in [4.78, 5) is 11.8. The molecule has 0 saturated heterocycles. The van der Waals surface area contributed by atoms with Gasteiger partial charge in [0.2, 0.25) is 0 Å². The minimum Gasteiger partial charge on any atom is -0.293 e. The molecular weight excluding hydrogens is 264 g/mol. The number of benzene rings is 1. The highest BCUT2D eigenvalue weighted by atomic mass is 35.5. The van der Waals surface area contributed by atoms with Gasteiger partial charge in [-0.15, -0.1) is 10.2 Å². The Hall–Kier alpha value is -0.910. The lowest BCUT2D eigenvalue weighted by molar-refractivity contribution is 0.102. The third-order valence-corrected chi connectivity index (χ3v) is 3.91. The van der Waals surface area contributed by atoms with Crippen molar-refractivity contribution in [2.24, 2.45) is 0 Å². The average molecular weight is 271 g/mol. The largest absolute Gasteiger partial charge is 0.293 e. The number of hydrogen-bond acceptors (Lipinski definition) is 5. The van der Waals surface area contributed by atoms with Crippen LogP contribution in [0.1, 0.15) is 10.4 Å². The van der Waals surface area contributed by atoms with Crippen LogP contribution >= 0.6 is 34.7 Å². The van der Waals surface area contributed by atoms with Gasteiger partial charge in [0.05, 0.1) is 5.75 Å². The van der Waals surface area contributed by atoms with Crippen molar-refractivity contribution in [2.75, 3.05) is 5.75 Å². The lowest BCUT2D eigenvalue weighted by Crippen LogP contribution is -2.01. The number of Topliss-reactive ketones (excluding diaryl/α,β-unsaturated/α-hetero) is 1. The first-order valence-corrected chi connectivity index (χ1v) is 6.68. The van der Waals surface area contributed by atoms with E-state index >= 15 is 0 Å². The molecule has 1 aromatic carbocycles. The molecule has 1 heterocycles. The maximum absolute atomic E-state index is 11.8. The molecule has 2 rings (SSSR count). The second-order valence-corrected chi connectivity index (χ2v) is 5.42. The maximum Gasteiger partial charge on any atom is 0.174 e. The van der Waals surface area contributed by atoms with Crippen LogP contribution in [0.2, 0.25) is 5.02 Å². The molecule has 1 aromatic heterocycles. The zero-order valence-corrected chi connectivity index (χ0v) is 10.5. The molecule has 3 nitrogen and oxygen atoms in total. The Kier molecular flexibility index (Phi) is 3.93. The fourth-order valence-corrected chi connectivity index (χ4v) is 2.67. The van der Waals surface area contributed by atoms with Gasteiger partial charge in [-0.3, -0.25) is 4.79 Å². The Balaban J connectivity index is 1.98. The summed E-state index contributed by atoms with van der Waals surface area (Å²) >= 11 is 8.62. The Morgan fingerprint density at radius 1 is 1.50 bits per heavy atom. The van der Waals surface area contributed by atoms with Gasteiger partial charge in [0.15, 0.2) is 10.1 Å². The molecule has 0 atom stereocenters. The normalized spacial score (nSPS) is 10.3. The summed E-state index contributed by atoms with van der Waals surface area (Å²) in [5, 5.41) is 8.13. The van der Waals surface area contributed by atoms with Crippen LogP contribution in [0.3, 0.4) is 0 Å². The maximum atomic E-state index is 11.8. The van der Waals surface area contributed by atoms with Crippen molar-refractivity contribution in [3.05, 3.63) is 40.4 Å². The third-order valence-electron chi connectivity index (χ3n) is 1.81. The Labute approximate surface area is 106 Å². The van der Waals surface area contributed by atoms with Gasteiger partial charge < -0.3 is 0 Å². The second-order valence-electron chi connectivity index (χ2n) is 2.93. The Morgan fingerprint density at radius 3 is 3.06 bits per heavy atom. The molecule has 0 saturated carbocycles. The molecule has 0 bridgehead atoms. The van der Waals surface area contributed by atoms with Gasteiger partial charge >= 0.3 is 0 Å². The highest BCUT2D eigenvalue weighted by Gasteiger charge is 2.08. The molecular formula is C10H7ClN2OS2. The van der Waals surface area contributed by atoms with Gasteiger partial charge in [-0.25, -0.2) is 0 Å². The monoisotopic (exact) mass is 270 g/mol. The van der Waals surface area contributed by atoms with Crippen molar-refractivity contribution in [3.8, 4) is 0 Å². The van der Waals surface area contributed by atoms with Crippen molar-refractivity contribution < 1.29 is 4.79 Å². The van der Waals surface area contributed by atoms with E-state index in [0.717, 1.165) is 4.34 Å². The van der Waals surface area contributed by atoms with Gasteiger partial charge in [-0.2, -0.15) is 0 Å². The SMILES string of the molecule is O=C(CSc1nncs1)c1cccc(Cl)c1. The van der Waals surface area contributed by atoms with Crippen LogP contribution in [0.25, 0.3) is 0 Å². The predicted molar refractivity (Wildman–Crippen MR) is 66.4 cm³/mol. The topological polar surface area (TPSA) is 42.9 Å². The highest BCUT2D eigenvalue weighted by molar-refractivity contribution is 8.01. The van der Waals surface area contributed by atoms with Crippen molar-refractivity contribution >= 4 is 40.5 Å². The van der Waals surface area contributed by atoms with Gasteiger partial charge in [-0.05, 0) is 12.1 Å². The minimum absolute atomic E-state index is 0.0442. The van der Waals surface area contributed by atoms with Crippen LogP contribution < -0.4 is 0 Å². The number of hydrogen-bond donors (Lipinski definition) is 0. The summed E-state index contributed by atoms with van der Waals surface area (Å²) in [6.45, 7) is 0. The molecule has 0 aliphatic rings. The standard InChI is InChI=1S/C10H7ClN2OS2/c11-8-3-1-2-7(4-8)9(14)5-15-10-13-12-6-16-10/h1-4,6H,5H2. The van der Waals surface area contributed by atoms with Gasteiger partial charge in [0.25, 0.3) is 0 Å². The van der Waals surface area contributed by atoms with E-state index in [4.69, 9.17) is 11.6 Å². The van der Waals surface area contributed by atoms with E-state index in [1.807, 2.05) is 0 Å². The van der Waals surface area contributed by atoms with Gasteiger partial charge in [0.1, 0.15) is 5.51 Å². The lowest BCUT2D eigenvalue weighted by atomic mass is 10.1. The molecule has 0 aliphatic carbocycles. The fraction of sp³-hybridized carbons (Fsp3) is 0.100. The summed E-state index contributed by atoms with van der Waals surface area (Å²) in [6.07, 6.45) is 0. The number of rotatable bonds is 4. The molecule has 16 heavy (non-hydrogen) atoms. The molecule has 0 spiro atoms. The third kappa shape index (κ3) is 3.04. The molecule has 0 radical (unpaired) electrons. The molecule has 0 fully saturated rings. The van der Waals surface area contributed by atoms with Crippen molar-refractivity contribution in [1.82, 2.24) is 10.2 Å².